The Morgan fingerprint density at radius 2 is 2.06 bits per heavy atom. The summed E-state index contributed by atoms with van der Waals surface area (Å²) in [6.45, 7) is 0.252. The number of anilines is 1. The second kappa shape index (κ2) is 8.35. The number of fused-ring (bicyclic) bond motifs is 1. The Bertz CT molecular complexity index is 1170. The maximum Gasteiger partial charge on any atom is 0.340 e. The molecule has 2 N–H and O–H groups in total. The van der Waals surface area contributed by atoms with Gasteiger partial charge in [0.05, 0.1) is 30.4 Å². The molecule has 0 fully saturated rings. The predicted octanol–water partition coefficient (Wildman–Crippen LogP) is 4.31. The normalized spacial score (nSPS) is 15.4. The number of aromatic nitrogens is 2. The molecule has 0 saturated carbocycles. The summed E-state index contributed by atoms with van der Waals surface area (Å²) >= 11 is 5.89. The molecule has 0 aliphatic carbocycles. The monoisotopic (exact) mass is 446 g/mol. The number of esters is 1. The van der Waals surface area contributed by atoms with E-state index in [0.29, 0.717) is 12.1 Å². The number of nitrogens with zero attached hydrogens (tertiary/aromatic N) is 2. The highest BCUT2D eigenvalue weighted by Gasteiger charge is 2.36. The zero-order valence-electron chi connectivity index (χ0n) is 16.3. The lowest BCUT2D eigenvalue weighted by Crippen LogP contribution is -2.43. The highest BCUT2D eigenvalue weighted by Crippen LogP contribution is 2.36. The zero-order chi connectivity index (χ0) is 22.1. The number of benzene rings is 2. The van der Waals surface area contributed by atoms with Crippen LogP contribution < -0.4 is 5.32 Å². The lowest BCUT2D eigenvalue weighted by molar-refractivity contribution is 0.0601. The maximum absolute atomic E-state index is 14.8. The van der Waals surface area contributed by atoms with Crippen molar-refractivity contribution in [3.05, 3.63) is 81.9 Å². The van der Waals surface area contributed by atoms with Crippen LogP contribution in [-0.2, 0) is 11.2 Å². The number of ether oxygens (including phenoxy) is 1. The molecule has 1 aromatic heterocycles. The first-order valence-electron chi connectivity index (χ1n) is 9.31. The third kappa shape index (κ3) is 3.96. The number of aromatic amines is 1. The Morgan fingerprint density at radius 1 is 1.26 bits per heavy atom. The summed E-state index contributed by atoms with van der Waals surface area (Å²) in [7, 11) is 1.15. The van der Waals surface area contributed by atoms with Gasteiger partial charge in [0.1, 0.15) is 17.7 Å². The van der Waals surface area contributed by atoms with Gasteiger partial charge in [-0.15, -0.1) is 0 Å². The molecule has 0 bridgehead atoms. The fourth-order valence-electron chi connectivity index (χ4n) is 3.62. The number of H-pyrrole nitrogens is 1. The topological polar surface area (TPSA) is 87.3 Å². The molecule has 1 aliphatic rings. The van der Waals surface area contributed by atoms with E-state index in [9.17, 15) is 18.4 Å². The van der Waals surface area contributed by atoms with Crippen molar-refractivity contribution < 1.29 is 23.1 Å². The Hall–Kier alpha value is -3.46. The summed E-state index contributed by atoms with van der Waals surface area (Å²) in [5.41, 5.74) is 1.46. The van der Waals surface area contributed by atoms with E-state index in [4.69, 9.17) is 11.6 Å². The lowest BCUT2D eigenvalue weighted by Gasteiger charge is -2.35. The predicted molar refractivity (Wildman–Crippen MR) is 109 cm³/mol. The average Bonchev–Trinajstić information content (AvgIpc) is 3.23. The zero-order valence-corrected chi connectivity index (χ0v) is 17.0. The standard InChI is InChI=1S/C21H17ClF2N4O3/c1-31-20(29)14-9-12(23)3-5-16(14)27-21(30)28-7-6-17-18(26-10-25-17)19(28)13-4-2-11(22)8-15(13)24/h2-5,8-10,19H,6-7H2,1H3,(H,25,26)(H,27,30)/t19-/m0/s1. The lowest BCUT2D eigenvalue weighted by atomic mass is 9.95. The van der Waals surface area contributed by atoms with Crippen LogP contribution in [0.5, 0.6) is 0 Å². The van der Waals surface area contributed by atoms with Crippen LogP contribution >= 0.6 is 11.6 Å². The number of carbonyl (C=O) groups excluding carboxylic acids is 2. The molecule has 10 heteroatoms. The van der Waals surface area contributed by atoms with Crippen LogP contribution in [0.1, 0.15) is 33.4 Å². The smallest absolute Gasteiger partial charge is 0.340 e. The van der Waals surface area contributed by atoms with Gasteiger partial charge in [-0.1, -0.05) is 17.7 Å². The van der Waals surface area contributed by atoms with Crippen LogP contribution in [0.25, 0.3) is 0 Å². The molecule has 0 unspecified atom stereocenters. The number of methoxy groups -OCH3 is 1. The quantitative estimate of drug-likeness (QED) is 0.587. The van der Waals surface area contributed by atoms with Crippen molar-refractivity contribution in [1.82, 2.24) is 14.9 Å². The number of imidazole rings is 1. The largest absolute Gasteiger partial charge is 0.465 e. The van der Waals surface area contributed by atoms with Gasteiger partial charge in [0.25, 0.3) is 0 Å². The molecule has 0 saturated heterocycles. The molecule has 31 heavy (non-hydrogen) atoms. The Balaban J connectivity index is 1.71. The van der Waals surface area contributed by atoms with Crippen LogP contribution in [0.2, 0.25) is 5.02 Å². The number of urea groups is 1. The molecule has 1 aliphatic heterocycles. The fourth-order valence-corrected chi connectivity index (χ4v) is 3.78. The van der Waals surface area contributed by atoms with Crippen molar-refractivity contribution in [2.75, 3.05) is 19.0 Å². The second-order valence-corrected chi connectivity index (χ2v) is 7.33. The molecule has 7 nitrogen and oxygen atoms in total. The molecule has 2 aromatic carbocycles. The minimum absolute atomic E-state index is 0.0707. The van der Waals surface area contributed by atoms with Crippen molar-refractivity contribution in [2.45, 2.75) is 12.5 Å². The van der Waals surface area contributed by atoms with Crippen molar-refractivity contribution in [2.24, 2.45) is 0 Å². The van der Waals surface area contributed by atoms with E-state index in [0.717, 1.165) is 24.9 Å². The summed E-state index contributed by atoms with van der Waals surface area (Å²) in [6.07, 6.45) is 1.96. The SMILES string of the molecule is COC(=O)c1cc(F)ccc1NC(=O)N1CCc2[nH]cnc2[C@@H]1c1ccc(Cl)cc1F. The first-order valence-corrected chi connectivity index (χ1v) is 9.69. The highest BCUT2D eigenvalue weighted by atomic mass is 35.5. The van der Waals surface area contributed by atoms with E-state index in [-0.39, 0.29) is 28.4 Å². The van der Waals surface area contributed by atoms with E-state index in [1.807, 2.05) is 0 Å². The number of halogens is 3. The van der Waals surface area contributed by atoms with E-state index in [1.54, 1.807) is 0 Å². The van der Waals surface area contributed by atoms with Crippen molar-refractivity contribution in [3.8, 4) is 0 Å². The average molecular weight is 447 g/mol. The summed E-state index contributed by atoms with van der Waals surface area (Å²) in [5.74, 6) is -2.04. The van der Waals surface area contributed by atoms with Crippen molar-refractivity contribution >= 4 is 29.3 Å². The molecule has 2 heterocycles. The second-order valence-electron chi connectivity index (χ2n) is 6.89. The number of hydrogen-bond acceptors (Lipinski definition) is 4. The Labute approximate surface area is 181 Å². The number of carbonyl (C=O) groups is 2. The van der Waals surface area contributed by atoms with Crippen LogP contribution in [0, 0.1) is 11.6 Å². The molecule has 160 valence electrons. The van der Waals surface area contributed by atoms with E-state index < -0.39 is 29.7 Å². The minimum atomic E-state index is -0.825. The number of hydrogen-bond donors (Lipinski definition) is 2. The van der Waals surface area contributed by atoms with Gasteiger partial charge < -0.3 is 19.9 Å². The first kappa shape index (κ1) is 20.8. The third-order valence-corrected chi connectivity index (χ3v) is 5.31. The van der Waals surface area contributed by atoms with Gasteiger partial charge in [0, 0.05) is 29.2 Å². The van der Waals surface area contributed by atoms with Gasteiger partial charge in [-0.05, 0) is 30.3 Å². The summed E-state index contributed by atoms with van der Waals surface area (Å²) in [4.78, 5) is 33.9. The first-order chi connectivity index (χ1) is 14.9. The van der Waals surface area contributed by atoms with Gasteiger partial charge in [0.15, 0.2) is 0 Å². The summed E-state index contributed by atoms with van der Waals surface area (Å²) in [5, 5.41) is 2.84. The molecule has 2 amide bonds. The van der Waals surface area contributed by atoms with Gasteiger partial charge >= 0.3 is 12.0 Å². The minimum Gasteiger partial charge on any atom is -0.465 e. The van der Waals surface area contributed by atoms with Crippen LogP contribution in [0.15, 0.2) is 42.7 Å². The van der Waals surface area contributed by atoms with Gasteiger partial charge in [-0.3, -0.25) is 0 Å². The van der Waals surface area contributed by atoms with Crippen LogP contribution in [0.3, 0.4) is 0 Å². The maximum atomic E-state index is 14.8. The Kier molecular flexibility index (Phi) is 5.60. The molecule has 0 spiro atoms. The molecule has 1 atom stereocenters. The Morgan fingerprint density at radius 3 is 2.81 bits per heavy atom. The van der Waals surface area contributed by atoms with Crippen LogP contribution in [-0.4, -0.2) is 40.5 Å². The van der Waals surface area contributed by atoms with Crippen molar-refractivity contribution in [1.29, 1.82) is 0 Å². The number of rotatable bonds is 3. The van der Waals surface area contributed by atoms with E-state index >= 15 is 0 Å². The third-order valence-electron chi connectivity index (χ3n) is 5.07. The van der Waals surface area contributed by atoms with Crippen molar-refractivity contribution in [3.63, 3.8) is 0 Å². The molecular weight excluding hydrogens is 430 g/mol. The van der Waals surface area contributed by atoms with Gasteiger partial charge in [-0.2, -0.15) is 0 Å². The van der Waals surface area contributed by atoms with E-state index in [1.165, 1.54) is 35.5 Å². The molecule has 0 radical (unpaired) electrons. The summed E-state index contributed by atoms with van der Waals surface area (Å²) in [6, 6.07) is 6.13. The van der Waals surface area contributed by atoms with Gasteiger partial charge in [0.2, 0.25) is 0 Å². The molecule has 4 rings (SSSR count). The fraction of sp³-hybridized carbons (Fsp3) is 0.190. The van der Waals surface area contributed by atoms with E-state index in [2.05, 4.69) is 20.0 Å². The number of nitrogens with one attached hydrogen (secondary N) is 2. The molecule has 3 aromatic rings. The molecular formula is C21H17ClF2N4O3. The van der Waals surface area contributed by atoms with Gasteiger partial charge in [-0.25, -0.2) is 23.4 Å². The highest BCUT2D eigenvalue weighted by molar-refractivity contribution is 6.30. The number of amides is 2. The van der Waals surface area contributed by atoms with Crippen LogP contribution in [0.4, 0.5) is 19.3 Å². The summed E-state index contributed by atoms with van der Waals surface area (Å²) < 4.78 is 33.1.